The number of carbonyl (C=O) groups is 1. The highest BCUT2D eigenvalue weighted by atomic mass is 35.5. The van der Waals surface area contributed by atoms with Gasteiger partial charge in [0.15, 0.2) is 5.78 Å². The van der Waals surface area contributed by atoms with Crippen LogP contribution < -0.4 is 11.5 Å². The van der Waals surface area contributed by atoms with E-state index in [1.165, 1.54) is 0 Å². The van der Waals surface area contributed by atoms with Gasteiger partial charge in [-0.1, -0.05) is 17.7 Å². The van der Waals surface area contributed by atoms with Gasteiger partial charge in [-0.2, -0.15) is 0 Å². The second-order valence-electron chi connectivity index (χ2n) is 5.35. The number of hydrogen-bond donors (Lipinski definition) is 2. The van der Waals surface area contributed by atoms with Crippen LogP contribution in [-0.4, -0.2) is 11.5 Å². The monoisotopic (exact) mass is 313 g/mol. The minimum absolute atomic E-state index is 0.0840. The van der Waals surface area contributed by atoms with Gasteiger partial charge < -0.3 is 11.5 Å². The first-order valence-electron chi connectivity index (χ1n) is 7.10. The van der Waals surface area contributed by atoms with E-state index in [1.54, 1.807) is 24.3 Å². The summed E-state index contributed by atoms with van der Waals surface area (Å²) in [6, 6.07) is 10.7. The van der Waals surface area contributed by atoms with Crippen molar-refractivity contribution in [1.82, 2.24) is 0 Å². The van der Waals surface area contributed by atoms with E-state index in [0.717, 1.165) is 24.1 Å². The fraction of sp³-hybridized carbons (Fsp3) is 0.176. The zero-order chi connectivity index (χ0) is 15.7. The van der Waals surface area contributed by atoms with Gasteiger partial charge in [-0.3, -0.25) is 9.79 Å². The molecule has 5 heteroatoms. The predicted octanol–water partition coefficient (Wildman–Crippen LogP) is 3.99. The average molecular weight is 314 g/mol. The van der Waals surface area contributed by atoms with Crippen molar-refractivity contribution >= 4 is 40.2 Å². The van der Waals surface area contributed by atoms with Crippen LogP contribution >= 0.6 is 11.6 Å². The molecule has 112 valence electrons. The van der Waals surface area contributed by atoms with Crippen molar-refractivity contribution < 1.29 is 4.79 Å². The molecule has 0 fully saturated rings. The van der Waals surface area contributed by atoms with E-state index in [4.69, 9.17) is 23.1 Å². The maximum atomic E-state index is 12.2. The van der Waals surface area contributed by atoms with Crippen LogP contribution in [0.3, 0.4) is 0 Å². The van der Waals surface area contributed by atoms with E-state index in [-0.39, 0.29) is 5.78 Å². The predicted molar refractivity (Wildman–Crippen MR) is 91.1 cm³/mol. The summed E-state index contributed by atoms with van der Waals surface area (Å²) < 4.78 is 0. The lowest BCUT2D eigenvalue weighted by Gasteiger charge is -2.14. The normalized spacial score (nSPS) is 14.8. The number of halogens is 1. The third-order valence-electron chi connectivity index (χ3n) is 3.72. The molecular formula is C17H16ClN3O. The Balaban J connectivity index is 2.11. The fourth-order valence-electron chi connectivity index (χ4n) is 2.56. The Bertz CT molecular complexity index is 783. The molecule has 2 aromatic carbocycles. The summed E-state index contributed by atoms with van der Waals surface area (Å²) in [7, 11) is 0. The van der Waals surface area contributed by atoms with Crippen molar-refractivity contribution in [2.45, 2.75) is 19.3 Å². The number of ketones is 1. The molecule has 0 saturated heterocycles. The minimum Gasteiger partial charge on any atom is -0.399 e. The number of anilines is 2. The highest BCUT2D eigenvalue weighted by molar-refractivity contribution is 6.33. The largest absolute Gasteiger partial charge is 0.399 e. The summed E-state index contributed by atoms with van der Waals surface area (Å²) in [5.74, 6) is 0.0840. The van der Waals surface area contributed by atoms with E-state index in [0.29, 0.717) is 34.1 Å². The molecule has 0 aliphatic carbocycles. The third-order valence-corrected chi connectivity index (χ3v) is 4.07. The molecule has 2 aromatic rings. The van der Waals surface area contributed by atoms with Crippen LogP contribution in [0.4, 0.5) is 17.1 Å². The van der Waals surface area contributed by atoms with Gasteiger partial charge in [-0.05, 0) is 48.7 Å². The number of aliphatic imine (C=N–C) groups is 1. The lowest BCUT2D eigenvalue weighted by atomic mass is 9.97. The molecule has 0 aromatic heterocycles. The van der Waals surface area contributed by atoms with Crippen molar-refractivity contribution in [2.75, 3.05) is 11.5 Å². The Labute approximate surface area is 133 Å². The smallest absolute Gasteiger partial charge is 0.165 e. The zero-order valence-corrected chi connectivity index (χ0v) is 12.7. The molecule has 0 spiro atoms. The molecule has 22 heavy (non-hydrogen) atoms. The Morgan fingerprint density at radius 2 is 1.86 bits per heavy atom. The number of nitrogens with two attached hydrogens (primary N) is 2. The Morgan fingerprint density at radius 3 is 2.64 bits per heavy atom. The molecule has 0 saturated carbocycles. The molecule has 3 rings (SSSR count). The summed E-state index contributed by atoms with van der Waals surface area (Å²) in [6.07, 6.45) is 1.95. The molecule has 0 bridgehead atoms. The van der Waals surface area contributed by atoms with Crippen molar-refractivity contribution in [1.29, 1.82) is 0 Å². The molecule has 0 radical (unpaired) electrons. The lowest BCUT2D eigenvalue weighted by Crippen LogP contribution is -2.09. The van der Waals surface area contributed by atoms with Gasteiger partial charge in [-0.15, -0.1) is 0 Å². The van der Waals surface area contributed by atoms with Crippen LogP contribution in [0, 0.1) is 0 Å². The summed E-state index contributed by atoms with van der Waals surface area (Å²) in [4.78, 5) is 16.9. The van der Waals surface area contributed by atoms with E-state index in [2.05, 4.69) is 4.99 Å². The SMILES string of the molecule is Nc1ccc2c(c1)C(=O)CCCC(c1ccc(Cl)c(N)c1)=N2. The Hall–Kier alpha value is -2.33. The van der Waals surface area contributed by atoms with Gasteiger partial charge in [0, 0.05) is 23.4 Å². The lowest BCUT2D eigenvalue weighted by molar-refractivity contribution is 0.0981. The topological polar surface area (TPSA) is 81.5 Å². The first-order chi connectivity index (χ1) is 10.5. The number of Topliss-reactive ketones (excluding diaryl/α,β-unsaturated/α-hetero) is 1. The minimum atomic E-state index is 0.0840. The number of hydrogen-bond acceptors (Lipinski definition) is 4. The second kappa shape index (κ2) is 5.81. The highest BCUT2D eigenvalue weighted by Gasteiger charge is 2.17. The first kappa shape index (κ1) is 14.6. The highest BCUT2D eigenvalue weighted by Crippen LogP contribution is 2.29. The van der Waals surface area contributed by atoms with Crippen LogP contribution in [0.25, 0.3) is 0 Å². The maximum absolute atomic E-state index is 12.2. The molecular weight excluding hydrogens is 298 g/mol. The average Bonchev–Trinajstić information content (AvgIpc) is 2.48. The van der Waals surface area contributed by atoms with Gasteiger partial charge in [0.2, 0.25) is 0 Å². The number of nitrogens with zero attached hydrogens (tertiary/aromatic N) is 1. The Kier molecular flexibility index (Phi) is 3.86. The summed E-state index contributed by atoms with van der Waals surface area (Å²) in [6.45, 7) is 0. The maximum Gasteiger partial charge on any atom is 0.165 e. The van der Waals surface area contributed by atoms with Gasteiger partial charge in [0.05, 0.1) is 16.4 Å². The summed E-state index contributed by atoms with van der Waals surface area (Å²) >= 11 is 5.97. The summed E-state index contributed by atoms with van der Waals surface area (Å²) in [5, 5.41) is 0.526. The van der Waals surface area contributed by atoms with Gasteiger partial charge in [0.25, 0.3) is 0 Å². The van der Waals surface area contributed by atoms with Crippen molar-refractivity contribution in [3.05, 3.63) is 52.5 Å². The molecule has 1 aliphatic heterocycles. The van der Waals surface area contributed by atoms with Crippen LogP contribution in [0.1, 0.15) is 35.2 Å². The fourth-order valence-corrected chi connectivity index (χ4v) is 2.68. The number of rotatable bonds is 1. The quantitative estimate of drug-likeness (QED) is 0.781. The van der Waals surface area contributed by atoms with E-state index < -0.39 is 0 Å². The van der Waals surface area contributed by atoms with E-state index in [9.17, 15) is 4.79 Å². The number of benzene rings is 2. The zero-order valence-electron chi connectivity index (χ0n) is 12.0. The summed E-state index contributed by atoms with van der Waals surface area (Å²) in [5.41, 5.74) is 15.8. The molecule has 0 atom stereocenters. The molecule has 1 aliphatic rings. The first-order valence-corrected chi connectivity index (χ1v) is 7.48. The standard InChI is InChI=1S/C17H16ClN3O/c18-13-6-4-10(8-14(13)20)15-2-1-3-17(22)12-9-11(19)5-7-16(12)21-15/h4-9H,1-3,19-20H2. The molecule has 0 amide bonds. The number of carbonyl (C=O) groups excluding carboxylic acids is 1. The van der Waals surface area contributed by atoms with E-state index >= 15 is 0 Å². The molecule has 4 N–H and O–H groups in total. The van der Waals surface area contributed by atoms with Crippen LogP contribution in [0.5, 0.6) is 0 Å². The molecule has 1 heterocycles. The van der Waals surface area contributed by atoms with Crippen LogP contribution in [0.15, 0.2) is 41.4 Å². The molecule has 0 unspecified atom stereocenters. The van der Waals surface area contributed by atoms with Gasteiger partial charge in [-0.25, -0.2) is 0 Å². The van der Waals surface area contributed by atoms with Crippen LogP contribution in [-0.2, 0) is 0 Å². The van der Waals surface area contributed by atoms with Crippen molar-refractivity contribution in [3.8, 4) is 0 Å². The molecule has 4 nitrogen and oxygen atoms in total. The number of nitrogen functional groups attached to an aromatic ring is 2. The van der Waals surface area contributed by atoms with Crippen LogP contribution in [0.2, 0.25) is 5.02 Å². The van der Waals surface area contributed by atoms with Crippen molar-refractivity contribution in [3.63, 3.8) is 0 Å². The third kappa shape index (κ3) is 2.83. The Morgan fingerprint density at radius 1 is 1.05 bits per heavy atom. The number of fused-ring (bicyclic) bond motifs is 1. The van der Waals surface area contributed by atoms with Gasteiger partial charge in [0.1, 0.15) is 0 Å². The van der Waals surface area contributed by atoms with Gasteiger partial charge >= 0.3 is 0 Å². The van der Waals surface area contributed by atoms with E-state index in [1.807, 2.05) is 12.1 Å². The van der Waals surface area contributed by atoms with Crippen molar-refractivity contribution in [2.24, 2.45) is 4.99 Å². The second-order valence-corrected chi connectivity index (χ2v) is 5.76.